The third-order valence-corrected chi connectivity index (χ3v) is 3.94. The van der Waals surface area contributed by atoms with Crippen molar-refractivity contribution in [2.75, 3.05) is 10.6 Å². The number of amides is 1. The van der Waals surface area contributed by atoms with Crippen LogP contribution in [0.3, 0.4) is 0 Å². The molecule has 1 heterocycles. The van der Waals surface area contributed by atoms with Gasteiger partial charge in [-0.1, -0.05) is 23.7 Å². The molecule has 0 unspecified atom stereocenters. The van der Waals surface area contributed by atoms with Crippen LogP contribution in [-0.4, -0.2) is 15.9 Å². The Hall–Kier alpha value is -2.99. The van der Waals surface area contributed by atoms with Crippen molar-refractivity contribution in [3.05, 3.63) is 76.3 Å². The highest BCUT2D eigenvalue weighted by atomic mass is 35.5. The van der Waals surface area contributed by atoms with E-state index in [9.17, 15) is 9.18 Å². The summed E-state index contributed by atoms with van der Waals surface area (Å²) in [6, 6.07) is 11.1. The van der Waals surface area contributed by atoms with Crippen molar-refractivity contribution in [1.29, 1.82) is 0 Å². The van der Waals surface area contributed by atoms with E-state index in [4.69, 9.17) is 11.6 Å². The van der Waals surface area contributed by atoms with Crippen molar-refractivity contribution in [2.45, 2.75) is 13.8 Å². The van der Waals surface area contributed by atoms with Crippen LogP contribution < -0.4 is 10.6 Å². The molecule has 0 atom stereocenters. The fourth-order valence-electron chi connectivity index (χ4n) is 2.49. The van der Waals surface area contributed by atoms with Crippen LogP contribution in [0.25, 0.3) is 0 Å². The molecule has 26 heavy (non-hydrogen) atoms. The molecule has 0 saturated carbocycles. The van der Waals surface area contributed by atoms with Crippen molar-refractivity contribution in [2.24, 2.45) is 0 Å². The minimum absolute atomic E-state index is 0.162. The quantitative estimate of drug-likeness (QED) is 0.686. The van der Waals surface area contributed by atoms with Gasteiger partial charge in [-0.2, -0.15) is 0 Å². The number of nitrogens with zero attached hydrogens (tertiary/aromatic N) is 2. The SMILES string of the molecule is Cc1cc(C)c(NC(=O)c2ccnc(Nc3cccc(F)c3)n2)c(Cl)c1. The second-order valence-electron chi connectivity index (χ2n) is 5.79. The topological polar surface area (TPSA) is 66.9 Å². The Bertz CT molecular complexity index is 954. The molecule has 1 amide bonds. The van der Waals surface area contributed by atoms with Crippen LogP contribution in [0.1, 0.15) is 21.6 Å². The lowest BCUT2D eigenvalue weighted by molar-refractivity contribution is 0.102. The van der Waals surface area contributed by atoms with Crippen molar-refractivity contribution in [1.82, 2.24) is 9.97 Å². The summed E-state index contributed by atoms with van der Waals surface area (Å²) in [5, 5.41) is 6.10. The normalized spacial score (nSPS) is 10.5. The van der Waals surface area contributed by atoms with Crippen LogP contribution in [-0.2, 0) is 0 Å². The molecule has 7 heteroatoms. The van der Waals surface area contributed by atoms with Crippen molar-refractivity contribution in [3.63, 3.8) is 0 Å². The highest BCUT2D eigenvalue weighted by Gasteiger charge is 2.13. The molecule has 0 aliphatic carbocycles. The molecule has 3 aromatic rings. The van der Waals surface area contributed by atoms with Gasteiger partial charge in [-0.15, -0.1) is 0 Å². The van der Waals surface area contributed by atoms with Crippen molar-refractivity contribution >= 4 is 34.8 Å². The Morgan fingerprint density at radius 1 is 1.15 bits per heavy atom. The second kappa shape index (κ2) is 7.49. The molecule has 2 aromatic carbocycles. The number of carbonyl (C=O) groups excluding carboxylic acids is 1. The lowest BCUT2D eigenvalue weighted by atomic mass is 10.1. The predicted molar refractivity (Wildman–Crippen MR) is 101 cm³/mol. The van der Waals surface area contributed by atoms with Gasteiger partial charge in [0.15, 0.2) is 0 Å². The van der Waals surface area contributed by atoms with E-state index in [0.717, 1.165) is 11.1 Å². The summed E-state index contributed by atoms with van der Waals surface area (Å²) in [6.45, 7) is 3.80. The maximum absolute atomic E-state index is 13.3. The maximum atomic E-state index is 13.3. The fraction of sp³-hybridized carbons (Fsp3) is 0.105. The summed E-state index contributed by atoms with van der Waals surface area (Å²) < 4.78 is 13.3. The van der Waals surface area contributed by atoms with Gasteiger partial charge in [0, 0.05) is 11.9 Å². The Morgan fingerprint density at radius 2 is 1.96 bits per heavy atom. The van der Waals surface area contributed by atoms with Gasteiger partial charge in [-0.25, -0.2) is 14.4 Å². The lowest BCUT2D eigenvalue weighted by Crippen LogP contribution is -2.16. The summed E-state index contributed by atoms with van der Waals surface area (Å²) in [5.41, 5.74) is 3.06. The van der Waals surface area contributed by atoms with Gasteiger partial charge >= 0.3 is 0 Å². The molecule has 0 spiro atoms. The Morgan fingerprint density at radius 3 is 2.69 bits per heavy atom. The number of carbonyl (C=O) groups is 1. The number of aromatic nitrogens is 2. The van der Waals surface area contributed by atoms with E-state index in [1.165, 1.54) is 24.4 Å². The molecule has 0 bridgehead atoms. The lowest BCUT2D eigenvalue weighted by Gasteiger charge is -2.12. The smallest absolute Gasteiger partial charge is 0.274 e. The molecule has 5 nitrogen and oxygen atoms in total. The van der Waals surface area contributed by atoms with Crippen LogP contribution in [0.4, 0.5) is 21.7 Å². The number of benzene rings is 2. The number of hydrogen-bond donors (Lipinski definition) is 2. The van der Waals surface area contributed by atoms with Crippen molar-refractivity contribution < 1.29 is 9.18 Å². The van der Waals surface area contributed by atoms with Gasteiger partial charge in [0.05, 0.1) is 10.7 Å². The zero-order valence-corrected chi connectivity index (χ0v) is 14.9. The Kier molecular flexibility index (Phi) is 5.14. The maximum Gasteiger partial charge on any atom is 0.274 e. The zero-order valence-electron chi connectivity index (χ0n) is 14.2. The van der Waals surface area contributed by atoms with Gasteiger partial charge < -0.3 is 10.6 Å². The summed E-state index contributed by atoms with van der Waals surface area (Å²) in [6.07, 6.45) is 1.45. The number of aryl methyl sites for hydroxylation is 2. The summed E-state index contributed by atoms with van der Waals surface area (Å²) in [5.74, 6) is -0.605. The molecule has 0 aliphatic heterocycles. The first-order valence-electron chi connectivity index (χ1n) is 7.86. The van der Waals surface area contributed by atoms with E-state index in [0.29, 0.717) is 16.4 Å². The van der Waals surface area contributed by atoms with Gasteiger partial charge in [-0.05, 0) is 55.3 Å². The summed E-state index contributed by atoms with van der Waals surface area (Å²) in [4.78, 5) is 20.7. The monoisotopic (exact) mass is 370 g/mol. The molecular weight excluding hydrogens is 355 g/mol. The van der Waals surface area contributed by atoms with Crippen LogP contribution in [0.15, 0.2) is 48.7 Å². The molecule has 1 aromatic heterocycles. The second-order valence-corrected chi connectivity index (χ2v) is 6.20. The zero-order chi connectivity index (χ0) is 18.7. The van der Waals surface area contributed by atoms with Gasteiger partial charge in [0.2, 0.25) is 5.95 Å². The average Bonchev–Trinajstić information content (AvgIpc) is 2.58. The van der Waals surface area contributed by atoms with E-state index in [2.05, 4.69) is 20.6 Å². The fourth-order valence-corrected chi connectivity index (χ4v) is 2.86. The molecule has 0 radical (unpaired) electrons. The van der Waals surface area contributed by atoms with Gasteiger partial charge in [0.25, 0.3) is 5.91 Å². The van der Waals surface area contributed by atoms with E-state index in [1.807, 2.05) is 19.9 Å². The van der Waals surface area contributed by atoms with Crippen molar-refractivity contribution in [3.8, 4) is 0 Å². The summed E-state index contributed by atoms with van der Waals surface area (Å²) in [7, 11) is 0. The molecule has 3 rings (SSSR count). The van der Waals surface area contributed by atoms with Gasteiger partial charge in [-0.3, -0.25) is 4.79 Å². The third-order valence-electron chi connectivity index (χ3n) is 3.64. The van der Waals surface area contributed by atoms with E-state index in [-0.39, 0.29) is 17.5 Å². The van der Waals surface area contributed by atoms with E-state index < -0.39 is 5.91 Å². The number of nitrogens with one attached hydrogen (secondary N) is 2. The first-order chi connectivity index (χ1) is 12.4. The minimum atomic E-state index is -0.413. The number of rotatable bonds is 4. The number of hydrogen-bond acceptors (Lipinski definition) is 4. The van der Waals surface area contributed by atoms with Gasteiger partial charge in [0.1, 0.15) is 11.5 Å². The highest BCUT2D eigenvalue weighted by molar-refractivity contribution is 6.34. The molecule has 2 N–H and O–H groups in total. The molecule has 0 aliphatic rings. The molecule has 132 valence electrons. The summed E-state index contributed by atoms with van der Waals surface area (Å²) >= 11 is 6.22. The first-order valence-corrected chi connectivity index (χ1v) is 8.24. The van der Waals surface area contributed by atoms with E-state index in [1.54, 1.807) is 18.2 Å². The largest absolute Gasteiger partial charge is 0.324 e. The highest BCUT2D eigenvalue weighted by Crippen LogP contribution is 2.27. The molecule has 0 fully saturated rings. The van der Waals surface area contributed by atoms with Crippen LogP contribution in [0, 0.1) is 19.7 Å². The van der Waals surface area contributed by atoms with E-state index >= 15 is 0 Å². The standard InChI is InChI=1S/C19H16ClFN4O/c1-11-8-12(2)17(15(20)9-11)25-18(26)16-6-7-22-19(24-16)23-14-5-3-4-13(21)10-14/h3-10H,1-2H3,(H,25,26)(H,22,23,24). The average molecular weight is 371 g/mol. The Balaban J connectivity index is 1.80. The first kappa shape index (κ1) is 17.8. The van der Waals surface area contributed by atoms with Crippen LogP contribution >= 0.6 is 11.6 Å². The predicted octanol–water partition coefficient (Wildman–Crippen LogP) is 4.88. The van der Waals surface area contributed by atoms with Crippen LogP contribution in [0.2, 0.25) is 5.02 Å². The Labute approximate surface area is 155 Å². The number of halogens is 2. The minimum Gasteiger partial charge on any atom is -0.324 e. The molecular formula is C19H16ClFN4O. The molecule has 0 saturated heterocycles. The number of anilines is 3. The van der Waals surface area contributed by atoms with Crippen LogP contribution in [0.5, 0.6) is 0 Å². The third kappa shape index (κ3) is 4.15.